The van der Waals surface area contributed by atoms with Gasteiger partial charge in [-0.15, -0.1) is 0 Å². The smallest absolute Gasteiger partial charge is 0.196 e. The Morgan fingerprint density at radius 3 is 2.68 bits per heavy atom. The van der Waals surface area contributed by atoms with Gasteiger partial charge in [0, 0.05) is 43.5 Å². The van der Waals surface area contributed by atoms with Crippen LogP contribution in [0.5, 0.6) is 11.5 Å². The van der Waals surface area contributed by atoms with Gasteiger partial charge < -0.3 is 14.5 Å². The molecular formula is C16H19N3O2S. The van der Waals surface area contributed by atoms with Gasteiger partial charge in [-0.1, -0.05) is 6.07 Å². The molecule has 5 nitrogen and oxygen atoms in total. The number of nitrogens with one attached hydrogen (secondary N) is 1. The molecule has 0 saturated heterocycles. The van der Waals surface area contributed by atoms with E-state index < -0.39 is 0 Å². The number of aromatic nitrogens is 2. The summed E-state index contributed by atoms with van der Waals surface area (Å²) in [7, 11) is 3.38. The number of benzene rings is 1. The van der Waals surface area contributed by atoms with Crippen molar-refractivity contribution in [1.29, 1.82) is 0 Å². The maximum Gasteiger partial charge on any atom is 0.196 e. The lowest BCUT2D eigenvalue weighted by Crippen LogP contribution is -2.31. The first-order chi connectivity index (χ1) is 10.7. The number of nitrogens with zero attached hydrogens (tertiary/aromatic N) is 2. The van der Waals surface area contributed by atoms with Gasteiger partial charge >= 0.3 is 0 Å². The van der Waals surface area contributed by atoms with Gasteiger partial charge in [-0.25, -0.2) is 4.98 Å². The van der Waals surface area contributed by atoms with Crippen LogP contribution < -0.4 is 9.47 Å². The van der Waals surface area contributed by atoms with Crippen LogP contribution in [-0.4, -0.2) is 35.6 Å². The summed E-state index contributed by atoms with van der Waals surface area (Å²) in [6, 6.07) is 5.87. The fourth-order valence-electron chi connectivity index (χ4n) is 2.85. The molecule has 3 rings (SSSR count). The van der Waals surface area contributed by atoms with Gasteiger partial charge in [0.25, 0.3) is 0 Å². The summed E-state index contributed by atoms with van der Waals surface area (Å²) in [5.41, 5.74) is 3.48. The SMILES string of the molecule is COc1cccc(OC)c1CN1CCc2[nH]c(=S)ncc2C1. The van der Waals surface area contributed by atoms with Gasteiger partial charge in [0.05, 0.1) is 19.8 Å². The molecule has 0 atom stereocenters. The quantitative estimate of drug-likeness (QED) is 0.879. The van der Waals surface area contributed by atoms with Crippen molar-refractivity contribution in [3.05, 3.63) is 46.0 Å². The Hall–Kier alpha value is -1.92. The molecule has 1 aromatic carbocycles. The van der Waals surface area contributed by atoms with Gasteiger partial charge in [0.2, 0.25) is 0 Å². The Morgan fingerprint density at radius 2 is 2.00 bits per heavy atom. The first-order valence-corrected chi connectivity index (χ1v) is 7.61. The molecule has 22 heavy (non-hydrogen) atoms. The molecule has 1 aromatic heterocycles. The van der Waals surface area contributed by atoms with E-state index in [1.807, 2.05) is 24.4 Å². The summed E-state index contributed by atoms with van der Waals surface area (Å²) in [4.78, 5) is 9.73. The molecule has 0 amide bonds. The summed E-state index contributed by atoms with van der Waals surface area (Å²) in [6.45, 7) is 2.58. The minimum absolute atomic E-state index is 0.554. The van der Waals surface area contributed by atoms with Crippen molar-refractivity contribution in [2.45, 2.75) is 19.5 Å². The molecule has 6 heteroatoms. The summed E-state index contributed by atoms with van der Waals surface area (Å²) in [5, 5.41) is 0. The van der Waals surface area contributed by atoms with Gasteiger partial charge in [-0.3, -0.25) is 4.90 Å². The second kappa shape index (κ2) is 6.46. The van der Waals surface area contributed by atoms with Crippen LogP contribution in [-0.2, 0) is 19.5 Å². The molecule has 1 N–H and O–H groups in total. The molecule has 2 aromatic rings. The zero-order valence-electron chi connectivity index (χ0n) is 12.8. The lowest BCUT2D eigenvalue weighted by Gasteiger charge is -2.29. The number of rotatable bonds is 4. The van der Waals surface area contributed by atoms with E-state index in [1.165, 1.54) is 11.3 Å². The third-order valence-electron chi connectivity index (χ3n) is 3.97. The third-order valence-corrected chi connectivity index (χ3v) is 4.17. The molecule has 116 valence electrons. The molecular weight excluding hydrogens is 298 g/mol. The predicted molar refractivity (Wildman–Crippen MR) is 86.8 cm³/mol. The van der Waals surface area contributed by atoms with Gasteiger partial charge in [0.15, 0.2) is 4.77 Å². The standard InChI is InChI=1S/C16H19N3O2S/c1-20-14-4-3-5-15(21-2)12(14)10-19-7-6-13-11(9-19)8-17-16(22)18-13/h3-5,8H,6-7,9-10H2,1-2H3,(H,17,18,22). The second-order valence-electron chi connectivity index (χ2n) is 5.29. The highest BCUT2D eigenvalue weighted by molar-refractivity contribution is 7.71. The Labute approximate surface area is 134 Å². The minimum atomic E-state index is 0.554. The monoisotopic (exact) mass is 317 g/mol. The van der Waals surface area contributed by atoms with E-state index in [9.17, 15) is 0 Å². The highest BCUT2D eigenvalue weighted by Crippen LogP contribution is 2.30. The van der Waals surface area contributed by atoms with E-state index in [-0.39, 0.29) is 0 Å². The first-order valence-electron chi connectivity index (χ1n) is 7.20. The van der Waals surface area contributed by atoms with Crippen LogP contribution in [0.15, 0.2) is 24.4 Å². The van der Waals surface area contributed by atoms with Crippen LogP contribution in [0.25, 0.3) is 0 Å². The van der Waals surface area contributed by atoms with Crippen molar-refractivity contribution in [3.8, 4) is 11.5 Å². The molecule has 0 aliphatic carbocycles. The van der Waals surface area contributed by atoms with Crippen LogP contribution in [0.3, 0.4) is 0 Å². The normalized spacial score (nSPS) is 14.5. The lowest BCUT2D eigenvalue weighted by atomic mass is 10.1. The number of aromatic amines is 1. The maximum atomic E-state index is 5.48. The number of methoxy groups -OCH3 is 2. The predicted octanol–water partition coefficient (Wildman–Crippen LogP) is 2.71. The summed E-state index contributed by atoms with van der Waals surface area (Å²) in [5.74, 6) is 1.71. The van der Waals surface area contributed by atoms with Gasteiger partial charge in [-0.2, -0.15) is 0 Å². The van der Waals surface area contributed by atoms with E-state index >= 15 is 0 Å². The number of hydrogen-bond donors (Lipinski definition) is 1. The van der Waals surface area contributed by atoms with Gasteiger partial charge in [0.1, 0.15) is 11.5 Å². The van der Waals surface area contributed by atoms with Crippen LogP contribution in [0, 0.1) is 4.77 Å². The molecule has 0 spiro atoms. The molecule has 2 heterocycles. The number of ether oxygens (including phenoxy) is 2. The zero-order chi connectivity index (χ0) is 15.5. The zero-order valence-corrected chi connectivity index (χ0v) is 13.6. The number of H-pyrrole nitrogens is 1. The average Bonchev–Trinajstić information content (AvgIpc) is 2.55. The Balaban J connectivity index is 1.83. The highest BCUT2D eigenvalue weighted by Gasteiger charge is 2.20. The third kappa shape index (κ3) is 2.98. The number of fused-ring (bicyclic) bond motifs is 1. The molecule has 1 aliphatic rings. The number of hydrogen-bond acceptors (Lipinski definition) is 5. The van der Waals surface area contributed by atoms with Crippen molar-refractivity contribution in [3.63, 3.8) is 0 Å². The van der Waals surface area contributed by atoms with Crippen molar-refractivity contribution in [1.82, 2.24) is 14.9 Å². The fourth-order valence-corrected chi connectivity index (χ4v) is 3.02. The topological polar surface area (TPSA) is 50.4 Å². The molecule has 0 saturated carbocycles. The molecule has 0 radical (unpaired) electrons. The summed E-state index contributed by atoms with van der Waals surface area (Å²) < 4.78 is 11.5. The molecule has 0 unspecified atom stereocenters. The van der Waals surface area contributed by atoms with Crippen LogP contribution in [0.2, 0.25) is 0 Å². The second-order valence-corrected chi connectivity index (χ2v) is 5.68. The Kier molecular flexibility index (Phi) is 4.40. The molecule has 0 bridgehead atoms. The summed E-state index contributed by atoms with van der Waals surface area (Å²) in [6.07, 6.45) is 2.82. The minimum Gasteiger partial charge on any atom is -0.496 e. The van der Waals surface area contributed by atoms with E-state index in [2.05, 4.69) is 14.9 Å². The Morgan fingerprint density at radius 1 is 1.27 bits per heavy atom. The fraction of sp³-hybridized carbons (Fsp3) is 0.375. The van der Waals surface area contributed by atoms with Crippen molar-refractivity contribution in [2.75, 3.05) is 20.8 Å². The average molecular weight is 317 g/mol. The Bertz CT molecular complexity index is 707. The van der Waals surface area contributed by atoms with Crippen LogP contribution >= 0.6 is 12.2 Å². The maximum absolute atomic E-state index is 5.48. The largest absolute Gasteiger partial charge is 0.496 e. The van der Waals surface area contributed by atoms with Crippen molar-refractivity contribution >= 4 is 12.2 Å². The van der Waals surface area contributed by atoms with Crippen molar-refractivity contribution < 1.29 is 9.47 Å². The van der Waals surface area contributed by atoms with E-state index in [0.717, 1.165) is 43.1 Å². The molecule has 1 aliphatic heterocycles. The van der Waals surface area contributed by atoms with E-state index in [4.69, 9.17) is 21.7 Å². The lowest BCUT2D eigenvalue weighted by molar-refractivity contribution is 0.235. The van der Waals surface area contributed by atoms with Crippen LogP contribution in [0.4, 0.5) is 0 Å². The van der Waals surface area contributed by atoms with E-state index in [1.54, 1.807) is 14.2 Å². The highest BCUT2D eigenvalue weighted by atomic mass is 32.1. The first kappa shape index (κ1) is 15.0. The van der Waals surface area contributed by atoms with Crippen molar-refractivity contribution in [2.24, 2.45) is 0 Å². The van der Waals surface area contributed by atoms with Crippen LogP contribution in [0.1, 0.15) is 16.8 Å². The van der Waals surface area contributed by atoms with E-state index in [0.29, 0.717) is 4.77 Å². The van der Waals surface area contributed by atoms with Gasteiger partial charge in [-0.05, 0) is 24.4 Å². The summed E-state index contributed by atoms with van der Waals surface area (Å²) >= 11 is 5.08. The molecule has 0 fully saturated rings.